The van der Waals surface area contributed by atoms with Crippen molar-refractivity contribution in [3.63, 3.8) is 0 Å². The minimum atomic E-state index is -0.209. The fourth-order valence-electron chi connectivity index (χ4n) is 3.96. The lowest BCUT2D eigenvalue weighted by Crippen LogP contribution is -2.33. The summed E-state index contributed by atoms with van der Waals surface area (Å²) in [5.74, 6) is -0.156. The van der Waals surface area contributed by atoms with E-state index in [2.05, 4.69) is 15.7 Å². The smallest absolute Gasteiger partial charge is 0.274 e. The van der Waals surface area contributed by atoms with E-state index in [9.17, 15) is 9.59 Å². The van der Waals surface area contributed by atoms with Crippen LogP contribution in [0.3, 0.4) is 0 Å². The molecule has 0 spiro atoms. The van der Waals surface area contributed by atoms with Gasteiger partial charge < -0.3 is 10.6 Å². The number of aryl methyl sites for hydroxylation is 1. The summed E-state index contributed by atoms with van der Waals surface area (Å²) in [6.45, 7) is 2.59. The molecule has 148 valence electrons. The highest BCUT2D eigenvalue weighted by atomic mass is 35.5. The second-order valence-electron chi connectivity index (χ2n) is 7.69. The van der Waals surface area contributed by atoms with Gasteiger partial charge in [-0.25, -0.2) is 0 Å². The van der Waals surface area contributed by atoms with Crippen molar-refractivity contribution in [3.8, 4) is 0 Å². The number of rotatable bonds is 6. The first-order chi connectivity index (χ1) is 13.5. The molecule has 1 aromatic carbocycles. The Balaban J connectivity index is 1.43. The van der Waals surface area contributed by atoms with Crippen LogP contribution in [0.2, 0.25) is 5.02 Å². The zero-order chi connectivity index (χ0) is 19.7. The number of aromatic nitrogens is 2. The highest BCUT2D eigenvalue weighted by Crippen LogP contribution is 2.48. The molecule has 2 amide bonds. The van der Waals surface area contributed by atoms with Gasteiger partial charge in [0.1, 0.15) is 0 Å². The third kappa shape index (κ3) is 4.07. The number of amides is 2. The lowest BCUT2D eigenvalue weighted by atomic mass is 10.1. The summed E-state index contributed by atoms with van der Waals surface area (Å²) in [6, 6.07) is 7.84. The maximum atomic E-state index is 12.7. The van der Waals surface area contributed by atoms with Gasteiger partial charge in [0.15, 0.2) is 5.69 Å². The molecule has 0 saturated heterocycles. The van der Waals surface area contributed by atoms with Crippen molar-refractivity contribution in [1.82, 2.24) is 15.1 Å². The zero-order valence-corrected chi connectivity index (χ0v) is 16.7. The van der Waals surface area contributed by atoms with E-state index in [-0.39, 0.29) is 29.7 Å². The lowest BCUT2D eigenvalue weighted by Gasteiger charge is -2.11. The molecule has 4 rings (SSSR count). The van der Waals surface area contributed by atoms with E-state index >= 15 is 0 Å². The van der Waals surface area contributed by atoms with Crippen molar-refractivity contribution >= 4 is 29.1 Å². The first-order valence-corrected chi connectivity index (χ1v) is 10.4. The number of carbonyl (C=O) groups is 2. The molecule has 0 bridgehead atoms. The van der Waals surface area contributed by atoms with Gasteiger partial charge in [-0.1, -0.05) is 36.6 Å². The highest BCUT2D eigenvalue weighted by Gasteiger charge is 2.44. The average molecular weight is 401 g/mol. The van der Waals surface area contributed by atoms with Crippen LogP contribution in [0.1, 0.15) is 61.0 Å². The normalized spacial score (nSPS) is 21.5. The van der Waals surface area contributed by atoms with Crippen LogP contribution in [0.5, 0.6) is 0 Å². The zero-order valence-electron chi connectivity index (χ0n) is 16.0. The van der Waals surface area contributed by atoms with Crippen LogP contribution in [0, 0.1) is 5.92 Å². The predicted octanol–water partition coefficient (Wildman–Crippen LogP) is 3.97. The van der Waals surface area contributed by atoms with Crippen LogP contribution >= 0.6 is 11.6 Å². The Labute approximate surface area is 169 Å². The van der Waals surface area contributed by atoms with Gasteiger partial charge in [-0.3, -0.25) is 14.3 Å². The number of nitrogens with one attached hydrogen (secondary N) is 2. The van der Waals surface area contributed by atoms with Crippen LogP contribution in [-0.2, 0) is 11.3 Å². The van der Waals surface area contributed by atoms with Gasteiger partial charge in [0.25, 0.3) is 5.91 Å². The van der Waals surface area contributed by atoms with Crippen LogP contribution in [0.15, 0.2) is 30.5 Å². The van der Waals surface area contributed by atoms with Crippen molar-refractivity contribution in [3.05, 3.63) is 46.7 Å². The Morgan fingerprint density at radius 2 is 1.93 bits per heavy atom. The summed E-state index contributed by atoms with van der Waals surface area (Å²) in [5, 5.41) is 11.0. The number of hydrogen-bond donors (Lipinski definition) is 2. The molecule has 6 nitrogen and oxygen atoms in total. The number of halogens is 1. The molecule has 2 saturated carbocycles. The Morgan fingerprint density at radius 3 is 2.61 bits per heavy atom. The van der Waals surface area contributed by atoms with Crippen LogP contribution in [0.4, 0.5) is 5.69 Å². The first-order valence-electron chi connectivity index (χ1n) is 9.99. The Hall–Kier alpha value is -2.34. The molecule has 2 N–H and O–H groups in total. The van der Waals surface area contributed by atoms with Gasteiger partial charge in [-0.05, 0) is 49.8 Å². The van der Waals surface area contributed by atoms with E-state index in [1.54, 1.807) is 10.9 Å². The topological polar surface area (TPSA) is 76.0 Å². The van der Waals surface area contributed by atoms with Crippen LogP contribution in [-0.4, -0.2) is 27.6 Å². The first kappa shape index (κ1) is 19.0. The predicted molar refractivity (Wildman–Crippen MR) is 109 cm³/mol. The van der Waals surface area contributed by atoms with E-state index in [1.807, 2.05) is 31.2 Å². The molecule has 2 aromatic rings. The SMILES string of the molecule is CCn1cc(NC(=O)[C@@H]2C[C@@H]2c2ccc(Cl)cc2)c(C(=O)NC2CCCC2)n1. The maximum absolute atomic E-state index is 12.7. The van der Waals surface area contributed by atoms with E-state index in [4.69, 9.17) is 11.6 Å². The van der Waals surface area contributed by atoms with Crippen molar-refractivity contribution in [2.24, 2.45) is 5.92 Å². The third-order valence-electron chi connectivity index (χ3n) is 5.67. The summed E-state index contributed by atoms with van der Waals surface area (Å²) < 4.78 is 1.68. The third-order valence-corrected chi connectivity index (χ3v) is 5.93. The molecular formula is C21H25ClN4O2. The second-order valence-corrected chi connectivity index (χ2v) is 8.13. The minimum Gasteiger partial charge on any atom is -0.348 e. The molecule has 0 radical (unpaired) electrons. The average Bonchev–Trinajstić information content (AvgIpc) is 3.12. The summed E-state index contributed by atoms with van der Waals surface area (Å²) in [5.41, 5.74) is 1.91. The van der Waals surface area contributed by atoms with Gasteiger partial charge in [0, 0.05) is 29.7 Å². The van der Waals surface area contributed by atoms with Gasteiger partial charge >= 0.3 is 0 Å². The van der Waals surface area contributed by atoms with Gasteiger partial charge in [-0.15, -0.1) is 0 Å². The van der Waals surface area contributed by atoms with Gasteiger partial charge in [0.05, 0.1) is 5.69 Å². The number of nitrogens with zero attached hydrogens (tertiary/aromatic N) is 2. The molecule has 28 heavy (non-hydrogen) atoms. The van der Waals surface area contributed by atoms with E-state index in [0.29, 0.717) is 22.9 Å². The number of carbonyl (C=O) groups excluding carboxylic acids is 2. The molecule has 2 atom stereocenters. The molecule has 0 unspecified atom stereocenters. The van der Waals surface area contributed by atoms with Crippen molar-refractivity contribution in [2.75, 3.05) is 5.32 Å². The van der Waals surface area contributed by atoms with Crippen molar-refractivity contribution in [2.45, 2.75) is 57.5 Å². The Bertz CT molecular complexity index is 871. The number of hydrogen-bond acceptors (Lipinski definition) is 3. The monoisotopic (exact) mass is 400 g/mol. The van der Waals surface area contributed by atoms with E-state index in [0.717, 1.165) is 37.7 Å². The summed E-state index contributed by atoms with van der Waals surface area (Å²) >= 11 is 5.94. The molecule has 0 aliphatic heterocycles. The minimum absolute atomic E-state index is 0.0643. The largest absolute Gasteiger partial charge is 0.348 e. The Morgan fingerprint density at radius 1 is 1.21 bits per heavy atom. The van der Waals surface area contributed by atoms with Gasteiger partial charge in [-0.2, -0.15) is 5.10 Å². The van der Waals surface area contributed by atoms with Crippen LogP contribution < -0.4 is 10.6 Å². The Kier molecular flexibility index (Phi) is 5.40. The molecule has 2 fully saturated rings. The summed E-state index contributed by atoms with van der Waals surface area (Å²) in [4.78, 5) is 25.4. The standard InChI is InChI=1S/C21H25ClN4O2/c1-2-26-12-18(19(25-26)21(28)23-15-5-3-4-6-15)24-20(27)17-11-16(17)13-7-9-14(22)10-8-13/h7-10,12,15-17H,2-6,11H2,1H3,(H,23,28)(H,24,27)/t16-,17-/m1/s1. The fraction of sp³-hybridized carbons (Fsp3) is 0.476. The molecule has 1 heterocycles. The quantitative estimate of drug-likeness (QED) is 0.770. The van der Waals surface area contributed by atoms with E-state index in [1.165, 1.54) is 0 Å². The van der Waals surface area contributed by atoms with Gasteiger partial charge in [0.2, 0.25) is 5.91 Å². The fourth-order valence-corrected chi connectivity index (χ4v) is 4.08. The van der Waals surface area contributed by atoms with Crippen molar-refractivity contribution in [1.29, 1.82) is 0 Å². The number of benzene rings is 1. The maximum Gasteiger partial charge on any atom is 0.274 e. The summed E-state index contributed by atoms with van der Waals surface area (Å²) in [7, 11) is 0. The van der Waals surface area contributed by atoms with Crippen molar-refractivity contribution < 1.29 is 9.59 Å². The second kappa shape index (κ2) is 7.95. The molecule has 1 aromatic heterocycles. The van der Waals surface area contributed by atoms with Crippen LogP contribution in [0.25, 0.3) is 0 Å². The molecule has 2 aliphatic carbocycles. The highest BCUT2D eigenvalue weighted by molar-refractivity contribution is 6.30. The molecule has 7 heteroatoms. The number of anilines is 1. The summed E-state index contributed by atoms with van der Waals surface area (Å²) in [6.07, 6.45) is 6.84. The molecular weight excluding hydrogens is 376 g/mol. The van der Waals surface area contributed by atoms with E-state index < -0.39 is 0 Å². The lowest BCUT2D eigenvalue weighted by molar-refractivity contribution is -0.117. The molecule has 2 aliphatic rings.